The number of aliphatic imine (C=N–C) groups is 1. The van der Waals surface area contributed by atoms with Crippen molar-refractivity contribution in [1.82, 2.24) is 62.1 Å². The number of para-hydroxylation sites is 1. The first kappa shape index (κ1) is 70.4. The van der Waals surface area contributed by atoms with Crippen LogP contribution in [0.25, 0.3) is 11.4 Å². The molecule has 0 saturated carbocycles. The van der Waals surface area contributed by atoms with Crippen molar-refractivity contribution in [3.8, 4) is 22.9 Å². The van der Waals surface area contributed by atoms with E-state index in [2.05, 4.69) is 57.6 Å². The van der Waals surface area contributed by atoms with E-state index in [1.165, 1.54) is 23.5 Å². The van der Waals surface area contributed by atoms with Crippen LogP contribution in [0.4, 0.5) is 0 Å². The van der Waals surface area contributed by atoms with Crippen LogP contribution in [-0.4, -0.2) is 202 Å². The summed E-state index contributed by atoms with van der Waals surface area (Å²) in [6.45, 7) is 3.79. The Morgan fingerprint density at radius 3 is 2.07 bits per heavy atom. The lowest BCUT2D eigenvalue weighted by atomic mass is 9.98. The Bertz CT molecular complexity index is 2900. The number of aromatic nitrogens is 4. The Morgan fingerprint density at radius 2 is 1.44 bits per heavy atom. The van der Waals surface area contributed by atoms with E-state index in [-0.39, 0.29) is 51.2 Å². The van der Waals surface area contributed by atoms with Crippen molar-refractivity contribution in [2.75, 3.05) is 31.7 Å². The summed E-state index contributed by atoms with van der Waals surface area (Å²) < 4.78 is 44.4. The van der Waals surface area contributed by atoms with Gasteiger partial charge in [0.1, 0.15) is 66.1 Å². The first-order valence-electron chi connectivity index (χ1n) is 27.1. The van der Waals surface area contributed by atoms with E-state index < -0.39 is 150 Å². The van der Waals surface area contributed by atoms with Gasteiger partial charge in [-0.25, -0.2) is 4.72 Å². The molecule has 1 saturated heterocycles. The second kappa shape index (κ2) is 34.8. The van der Waals surface area contributed by atoms with E-state index in [9.17, 15) is 66.9 Å². The first-order chi connectivity index (χ1) is 40.7. The van der Waals surface area contributed by atoms with Crippen LogP contribution in [0.1, 0.15) is 66.2 Å². The highest BCUT2D eigenvalue weighted by molar-refractivity contribution is 7.98. The van der Waals surface area contributed by atoms with Crippen LogP contribution in [0.15, 0.2) is 59.6 Å². The fourth-order valence-corrected chi connectivity index (χ4v) is 9.39. The summed E-state index contributed by atoms with van der Waals surface area (Å²) in [6.07, 6.45) is -5.30. The molecule has 35 heteroatoms. The molecule has 33 nitrogen and oxygen atoms in total. The number of rotatable bonds is 37. The van der Waals surface area contributed by atoms with Crippen molar-refractivity contribution < 1.29 is 80.5 Å². The van der Waals surface area contributed by atoms with Crippen molar-refractivity contribution in [3.63, 3.8) is 0 Å². The summed E-state index contributed by atoms with van der Waals surface area (Å²) in [4.78, 5) is 122. The zero-order valence-corrected chi connectivity index (χ0v) is 49.5. The van der Waals surface area contributed by atoms with Crippen molar-refractivity contribution in [2.24, 2.45) is 28.1 Å². The number of nitrogens with one attached hydrogen (secondary N) is 8. The molecule has 1 aliphatic rings. The minimum absolute atomic E-state index is 0.0477. The van der Waals surface area contributed by atoms with Gasteiger partial charge < -0.3 is 79.2 Å². The number of nitrogens with two attached hydrogens (primary N) is 3. The molecule has 3 aromatic rings. The first-order valence-corrected chi connectivity index (χ1v) is 29.9. The quantitative estimate of drug-likeness (QED) is 0.0111. The topological polar surface area (TPSA) is 506 Å². The highest BCUT2D eigenvalue weighted by Crippen LogP contribution is 2.26. The molecule has 9 amide bonds. The molecular formula is C51H76N16O17S2. The van der Waals surface area contributed by atoms with Gasteiger partial charge in [-0.2, -0.15) is 25.0 Å². The number of guanidine groups is 1. The molecule has 0 aliphatic carbocycles. The molecule has 1 aliphatic heterocycles. The maximum atomic E-state index is 13.5. The van der Waals surface area contributed by atoms with Crippen molar-refractivity contribution >= 4 is 81.7 Å². The van der Waals surface area contributed by atoms with Gasteiger partial charge in [-0.3, -0.25) is 52.3 Å². The molecule has 474 valence electrons. The average molecular weight is 1250 g/mol. The highest BCUT2D eigenvalue weighted by atomic mass is 32.2. The number of benzene rings is 2. The second-order valence-corrected chi connectivity index (χ2v) is 22.1. The van der Waals surface area contributed by atoms with Crippen LogP contribution >= 0.6 is 11.8 Å². The van der Waals surface area contributed by atoms with E-state index in [0.717, 1.165) is 13.8 Å². The number of nitrogens with zero attached hydrogens (tertiary/aromatic N) is 5. The van der Waals surface area contributed by atoms with Crippen molar-refractivity contribution in [2.45, 2.75) is 140 Å². The molecule has 1 aromatic heterocycles. The molecule has 0 radical (unpaired) electrons. The summed E-state index contributed by atoms with van der Waals surface area (Å²) >= 11 is 1.41. The third-order valence-corrected chi connectivity index (χ3v) is 14.6. The van der Waals surface area contributed by atoms with Crippen LogP contribution < -0.4 is 63.9 Å². The zero-order valence-electron chi connectivity index (χ0n) is 47.8. The maximum absolute atomic E-state index is 13.5. The van der Waals surface area contributed by atoms with Crippen molar-refractivity contribution in [1.29, 1.82) is 0 Å². The number of amides is 9. The molecule has 1 fully saturated rings. The smallest absolute Gasteiger partial charge is 0.362 e. The Balaban J connectivity index is 1.29. The van der Waals surface area contributed by atoms with Crippen LogP contribution in [0.2, 0.25) is 0 Å². The number of aliphatic hydroxyl groups excluding tert-OH is 3. The molecule has 0 bridgehead atoms. The van der Waals surface area contributed by atoms with Gasteiger partial charge in [0.05, 0.1) is 38.3 Å². The Kier molecular flexibility index (Phi) is 28.5. The minimum atomic E-state index is -4.98. The minimum Gasteiger partial charge on any atom is -0.457 e. The Labute approximate surface area is 499 Å². The molecule has 12 atom stereocenters. The van der Waals surface area contributed by atoms with E-state index >= 15 is 0 Å². The number of ether oxygens (including phenoxy) is 2. The van der Waals surface area contributed by atoms with Gasteiger partial charge in [0.2, 0.25) is 53.6 Å². The zero-order chi connectivity index (χ0) is 63.7. The summed E-state index contributed by atoms with van der Waals surface area (Å²) in [5.74, 6) is -7.36. The van der Waals surface area contributed by atoms with Gasteiger partial charge in [0, 0.05) is 12.1 Å². The van der Waals surface area contributed by atoms with Gasteiger partial charge in [0.15, 0.2) is 5.96 Å². The lowest BCUT2D eigenvalue weighted by Gasteiger charge is -2.26. The lowest BCUT2D eigenvalue weighted by molar-refractivity contribution is -0.136. The SMILES string of the molecule is CC[C@H](C)[C@H](NC(=O)[C@H](C)NC(=O)[C@H](CC(N)=O)NC(=O)CNC(=O)[C@@H](NC(=O)[C@H](CCCN=C(N)N)NC(=O)[C@H](CCSC)NC=O)[C@@H](C)O)C(=O)NS(=O)(=O)OC[C@H]1O[C@@H](CCn2nnc(-c3ccc(Oc4ccccc4)cc3)n2)[C@H](O)[C@@H]1O. The van der Waals surface area contributed by atoms with E-state index in [4.69, 9.17) is 30.9 Å². The van der Waals surface area contributed by atoms with E-state index in [0.29, 0.717) is 35.0 Å². The predicted octanol–water partition coefficient (Wildman–Crippen LogP) is -4.83. The van der Waals surface area contributed by atoms with Gasteiger partial charge in [-0.05, 0) is 99.1 Å². The van der Waals surface area contributed by atoms with Crippen LogP contribution in [0.3, 0.4) is 0 Å². The van der Waals surface area contributed by atoms with Crippen LogP contribution in [0, 0.1) is 5.92 Å². The summed E-state index contributed by atoms with van der Waals surface area (Å²) in [5.41, 5.74) is 16.8. The normalized spacial score (nSPS) is 18.4. The predicted molar refractivity (Wildman–Crippen MR) is 307 cm³/mol. The van der Waals surface area contributed by atoms with Crippen molar-refractivity contribution in [3.05, 3.63) is 54.6 Å². The Hall–Kier alpha value is -8.09. The molecule has 0 unspecified atom stereocenters. The Morgan fingerprint density at radius 1 is 0.802 bits per heavy atom. The van der Waals surface area contributed by atoms with Crippen LogP contribution in [0.5, 0.6) is 11.5 Å². The number of aryl methyl sites for hydroxylation is 1. The summed E-state index contributed by atoms with van der Waals surface area (Å²) in [6, 6.07) is 7.22. The number of carbonyl (C=O) groups is 9. The number of aliphatic hydroxyl groups is 3. The summed E-state index contributed by atoms with van der Waals surface area (Å²) in [5, 5.41) is 60.7. The van der Waals surface area contributed by atoms with Gasteiger partial charge in [0.25, 0.3) is 5.91 Å². The monoisotopic (exact) mass is 1250 g/mol. The largest absolute Gasteiger partial charge is 0.457 e. The molecule has 17 N–H and O–H groups in total. The van der Waals surface area contributed by atoms with Gasteiger partial charge in [-0.15, -0.1) is 10.2 Å². The molecule has 4 rings (SSSR count). The maximum Gasteiger partial charge on any atom is 0.362 e. The number of primary amides is 1. The van der Waals surface area contributed by atoms with E-state index in [1.54, 1.807) is 42.2 Å². The van der Waals surface area contributed by atoms with E-state index in [1.807, 2.05) is 30.3 Å². The molecular weight excluding hydrogens is 1170 g/mol. The fraction of sp³-hybridized carbons (Fsp3) is 0.549. The second-order valence-electron chi connectivity index (χ2n) is 19.8. The van der Waals surface area contributed by atoms with Gasteiger partial charge >= 0.3 is 10.3 Å². The third-order valence-electron chi connectivity index (χ3n) is 13.1. The number of hydrogen-bond acceptors (Lipinski definition) is 22. The lowest BCUT2D eigenvalue weighted by Crippen LogP contribution is -2.60. The molecule has 2 aromatic carbocycles. The fourth-order valence-electron chi connectivity index (χ4n) is 8.17. The molecule has 86 heavy (non-hydrogen) atoms. The summed E-state index contributed by atoms with van der Waals surface area (Å²) in [7, 11) is -4.98. The molecule has 2 heterocycles. The third kappa shape index (κ3) is 23.1. The number of carbonyl (C=O) groups excluding carboxylic acids is 9. The number of hydrogen-bond donors (Lipinski definition) is 14. The molecule has 0 spiro atoms. The average Bonchev–Trinajstić information content (AvgIpc) is 3.23. The number of thioether (sulfide) groups is 1. The standard InChI is InChI=1S/C51H76N16O17S2/c1-6-27(2)40(50(79)65-86(80,81)82-25-37-43(73)42(72)36(84-37)18-21-67-64-44(63-66-67)30-14-16-32(17-15-30)83-31-11-8-7-9-12-31)61-45(74)28(3)58-48(77)35(23-38(52)70)59-39(71)24-56-49(78)41(29(4)69)62-47(76)34(13-10-20-55-51(53)54)60-46(75)33(57-26-68)19-22-85-5/h7-9,11-12,14-17,26-29,33-37,40-43,69,72-73H,6,10,13,18-25H2,1-5H3,(H2,52,70)(H,56,78)(H,57,68)(H,58,77)(H,59,71)(H,60,75)(H,61,74)(H,62,76)(H,65,79)(H4,53,54,55)/t27-,28-,29+,33-,34-,35-,36-,37+,40-,41-,42-,43+/m0/s1. The van der Waals surface area contributed by atoms with Gasteiger partial charge in [-0.1, -0.05) is 38.5 Å². The number of tetrazole rings is 1. The van der Waals surface area contributed by atoms with Crippen LogP contribution in [-0.2, 0) is 68.9 Å². The highest BCUT2D eigenvalue weighted by Gasteiger charge is 2.44.